The fourth-order valence-corrected chi connectivity index (χ4v) is 2.80. The van der Waals surface area contributed by atoms with E-state index in [9.17, 15) is 14.4 Å². The molecule has 0 spiro atoms. The largest absolute Gasteiger partial charge is 0.422 e. The van der Waals surface area contributed by atoms with Crippen LogP contribution in [-0.4, -0.2) is 18.4 Å². The minimum absolute atomic E-state index is 0.0516. The lowest BCUT2D eigenvalue weighted by molar-refractivity contribution is 0.0739. The first-order valence-corrected chi connectivity index (χ1v) is 8.58. The molecule has 0 aliphatic heterocycles. The van der Waals surface area contributed by atoms with Crippen LogP contribution >= 0.6 is 11.3 Å². The molecule has 6 nitrogen and oxygen atoms in total. The van der Waals surface area contributed by atoms with Gasteiger partial charge in [-0.05, 0) is 36.1 Å². The lowest BCUT2D eigenvalue weighted by Crippen LogP contribution is -2.28. The standard InChI is InChI=1S/C18H15NO5S/c1-2-7-19-16(20)13-9-11-5-6-12(10-14(11)24-17(13)21)23-18(22)15-4-3-8-25-15/h3-6,8-10H,2,7H2,1H3,(H,19,20). The normalized spacial score (nSPS) is 10.6. The first kappa shape index (κ1) is 16.9. The Balaban J connectivity index is 1.87. The van der Waals surface area contributed by atoms with Gasteiger partial charge < -0.3 is 14.5 Å². The van der Waals surface area contributed by atoms with Gasteiger partial charge in [-0.2, -0.15) is 0 Å². The maximum Gasteiger partial charge on any atom is 0.353 e. The van der Waals surface area contributed by atoms with Crippen molar-refractivity contribution in [1.82, 2.24) is 5.32 Å². The zero-order valence-corrected chi connectivity index (χ0v) is 14.2. The van der Waals surface area contributed by atoms with Crippen molar-refractivity contribution in [3.63, 3.8) is 0 Å². The van der Waals surface area contributed by atoms with Gasteiger partial charge >= 0.3 is 11.6 Å². The van der Waals surface area contributed by atoms with E-state index in [-0.39, 0.29) is 16.9 Å². The molecule has 0 bridgehead atoms. The highest BCUT2D eigenvalue weighted by molar-refractivity contribution is 7.12. The number of carbonyl (C=O) groups excluding carboxylic acids is 2. The Morgan fingerprint density at radius 1 is 1.24 bits per heavy atom. The molecule has 2 heterocycles. The van der Waals surface area contributed by atoms with Crippen LogP contribution in [0.5, 0.6) is 5.75 Å². The van der Waals surface area contributed by atoms with Crippen molar-refractivity contribution in [2.24, 2.45) is 0 Å². The number of rotatable bonds is 5. The van der Waals surface area contributed by atoms with E-state index in [4.69, 9.17) is 9.15 Å². The topological polar surface area (TPSA) is 85.6 Å². The summed E-state index contributed by atoms with van der Waals surface area (Å²) in [7, 11) is 0. The minimum Gasteiger partial charge on any atom is -0.422 e. The molecule has 1 aromatic carbocycles. The van der Waals surface area contributed by atoms with Crippen LogP contribution in [0.3, 0.4) is 0 Å². The number of thiophene rings is 1. The van der Waals surface area contributed by atoms with Gasteiger partial charge in [-0.15, -0.1) is 11.3 Å². The molecule has 0 aliphatic rings. The number of hydrogen-bond acceptors (Lipinski definition) is 6. The summed E-state index contributed by atoms with van der Waals surface area (Å²) in [5, 5.41) is 4.99. The molecule has 3 rings (SSSR count). The second-order valence-electron chi connectivity index (χ2n) is 5.27. The number of carbonyl (C=O) groups is 2. The van der Waals surface area contributed by atoms with E-state index < -0.39 is 17.5 Å². The number of benzene rings is 1. The van der Waals surface area contributed by atoms with E-state index in [0.29, 0.717) is 16.8 Å². The molecule has 0 aliphatic carbocycles. The van der Waals surface area contributed by atoms with E-state index >= 15 is 0 Å². The van der Waals surface area contributed by atoms with Crippen LogP contribution in [0.4, 0.5) is 0 Å². The number of fused-ring (bicyclic) bond motifs is 1. The highest BCUT2D eigenvalue weighted by atomic mass is 32.1. The smallest absolute Gasteiger partial charge is 0.353 e. The van der Waals surface area contributed by atoms with E-state index in [1.165, 1.54) is 23.5 Å². The van der Waals surface area contributed by atoms with E-state index in [2.05, 4.69) is 5.32 Å². The van der Waals surface area contributed by atoms with Crippen LogP contribution in [0, 0.1) is 0 Å². The number of nitrogens with one attached hydrogen (secondary N) is 1. The Morgan fingerprint density at radius 3 is 2.80 bits per heavy atom. The first-order valence-electron chi connectivity index (χ1n) is 7.70. The Morgan fingerprint density at radius 2 is 2.08 bits per heavy atom. The number of esters is 1. The molecule has 0 saturated carbocycles. The molecule has 0 radical (unpaired) electrons. The Hall–Kier alpha value is -2.93. The molecule has 128 valence electrons. The van der Waals surface area contributed by atoms with Crippen molar-refractivity contribution in [3.8, 4) is 5.75 Å². The molecule has 1 amide bonds. The summed E-state index contributed by atoms with van der Waals surface area (Å²) in [5.74, 6) is -0.685. The van der Waals surface area contributed by atoms with Gasteiger partial charge in [-0.25, -0.2) is 9.59 Å². The van der Waals surface area contributed by atoms with Crippen LogP contribution in [-0.2, 0) is 0 Å². The van der Waals surface area contributed by atoms with E-state index in [0.717, 1.165) is 6.42 Å². The highest BCUT2D eigenvalue weighted by Gasteiger charge is 2.15. The summed E-state index contributed by atoms with van der Waals surface area (Å²) < 4.78 is 10.5. The molecule has 1 N–H and O–H groups in total. The summed E-state index contributed by atoms with van der Waals surface area (Å²) in [6.07, 6.45) is 0.767. The van der Waals surface area contributed by atoms with Crippen molar-refractivity contribution < 1.29 is 18.7 Å². The van der Waals surface area contributed by atoms with Gasteiger partial charge in [0.2, 0.25) is 0 Å². The zero-order valence-electron chi connectivity index (χ0n) is 13.4. The summed E-state index contributed by atoms with van der Waals surface area (Å²) >= 11 is 1.28. The first-order chi connectivity index (χ1) is 12.1. The average Bonchev–Trinajstić information content (AvgIpc) is 3.13. The van der Waals surface area contributed by atoms with Gasteiger partial charge in [0.25, 0.3) is 5.91 Å². The van der Waals surface area contributed by atoms with Crippen molar-refractivity contribution in [3.05, 3.63) is 62.6 Å². The van der Waals surface area contributed by atoms with Crippen molar-refractivity contribution in [2.45, 2.75) is 13.3 Å². The minimum atomic E-state index is -0.733. The highest BCUT2D eigenvalue weighted by Crippen LogP contribution is 2.22. The molecule has 25 heavy (non-hydrogen) atoms. The molecule has 3 aromatic rings. The molecule has 0 atom stereocenters. The fraction of sp³-hybridized carbons (Fsp3) is 0.167. The Bertz CT molecular complexity index is 975. The molecule has 0 fully saturated rings. The monoisotopic (exact) mass is 357 g/mol. The van der Waals surface area contributed by atoms with Gasteiger partial charge in [-0.3, -0.25) is 4.79 Å². The SMILES string of the molecule is CCCNC(=O)c1cc2ccc(OC(=O)c3cccs3)cc2oc1=O. The van der Waals surface area contributed by atoms with Crippen LogP contribution in [0.1, 0.15) is 33.4 Å². The van der Waals surface area contributed by atoms with Gasteiger partial charge in [0, 0.05) is 18.0 Å². The summed E-state index contributed by atoms with van der Waals surface area (Å²) in [6, 6.07) is 9.56. The van der Waals surface area contributed by atoms with Gasteiger partial charge in [0.15, 0.2) is 0 Å². The van der Waals surface area contributed by atoms with E-state index in [1.807, 2.05) is 6.92 Å². The van der Waals surface area contributed by atoms with Crippen molar-refractivity contribution >= 4 is 34.2 Å². The molecule has 2 aromatic heterocycles. The third kappa shape index (κ3) is 3.77. The summed E-state index contributed by atoms with van der Waals surface area (Å²) in [5.41, 5.74) is -0.541. The quantitative estimate of drug-likeness (QED) is 0.430. The van der Waals surface area contributed by atoms with Crippen LogP contribution in [0.15, 0.2) is 51.0 Å². The molecule has 0 saturated heterocycles. The number of hydrogen-bond donors (Lipinski definition) is 1. The molecule has 0 unspecified atom stereocenters. The van der Waals surface area contributed by atoms with Gasteiger partial charge in [-0.1, -0.05) is 13.0 Å². The predicted octanol–water partition coefficient (Wildman–Crippen LogP) is 3.21. The molecular formula is C18H15NO5S. The maximum atomic E-state index is 12.0. The van der Waals surface area contributed by atoms with Gasteiger partial charge in [0.05, 0.1) is 0 Å². The van der Waals surface area contributed by atoms with Crippen molar-refractivity contribution in [2.75, 3.05) is 6.54 Å². The van der Waals surface area contributed by atoms with Crippen molar-refractivity contribution in [1.29, 1.82) is 0 Å². The Kier molecular flexibility index (Phi) is 4.95. The van der Waals surface area contributed by atoms with Crippen LogP contribution in [0.25, 0.3) is 11.0 Å². The summed E-state index contributed by atoms with van der Waals surface area (Å²) in [4.78, 5) is 36.4. The van der Waals surface area contributed by atoms with Gasteiger partial charge in [0.1, 0.15) is 21.8 Å². The van der Waals surface area contributed by atoms with E-state index in [1.54, 1.807) is 29.6 Å². The summed E-state index contributed by atoms with van der Waals surface area (Å²) in [6.45, 7) is 2.40. The molecular weight excluding hydrogens is 342 g/mol. The second kappa shape index (κ2) is 7.31. The van der Waals surface area contributed by atoms with Crippen LogP contribution in [0.2, 0.25) is 0 Å². The third-order valence-electron chi connectivity index (χ3n) is 3.42. The number of amides is 1. The predicted molar refractivity (Wildman–Crippen MR) is 94.4 cm³/mol. The molecule has 7 heteroatoms. The average molecular weight is 357 g/mol. The lowest BCUT2D eigenvalue weighted by Gasteiger charge is -2.06. The third-order valence-corrected chi connectivity index (χ3v) is 4.27. The fourth-order valence-electron chi connectivity index (χ4n) is 2.20. The second-order valence-corrected chi connectivity index (χ2v) is 6.22. The lowest BCUT2D eigenvalue weighted by atomic mass is 10.1. The maximum absolute atomic E-state index is 12.0. The zero-order chi connectivity index (χ0) is 17.8. The Labute approximate surface area is 147 Å². The van der Waals surface area contributed by atoms with Crippen LogP contribution < -0.4 is 15.7 Å². The number of ether oxygens (including phenoxy) is 1.